The first-order valence-electron chi connectivity index (χ1n) is 9.89. The highest BCUT2D eigenvalue weighted by Crippen LogP contribution is 2.32. The molecule has 0 heterocycles. The van der Waals surface area contributed by atoms with Gasteiger partial charge in [-0.2, -0.15) is 5.26 Å². The van der Waals surface area contributed by atoms with Crippen LogP contribution in [0.25, 0.3) is 11.1 Å². The summed E-state index contributed by atoms with van der Waals surface area (Å²) >= 11 is 0. The van der Waals surface area contributed by atoms with Crippen molar-refractivity contribution in [1.29, 1.82) is 5.26 Å². The number of hydrogen-bond acceptors (Lipinski definition) is 4. The van der Waals surface area contributed by atoms with Crippen molar-refractivity contribution < 1.29 is 27.9 Å². The molecular weight excluding hydrogens is 363 g/mol. The summed E-state index contributed by atoms with van der Waals surface area (Å²) in [5, 5.41) is 21.0. The molecule has 0 aliphatic heterocycles. The number of aliphatic carboxylic acids is 1. The van der Waals surface area contributed by atoms with Crippen LogP contribution in [0.15, 0.2) is 47.5 Å². The minimum absolute atomic E-state index is 0.0147. The number of carboxylic acids is 1. The van der Waals surface area contributed by atoms with Crippen LogP contribution in [0.4, 0.5) is 10.1 Å². The highest BCUT2D eigenvalue weighted by atomic mass is 19.1. The van der Waals surface area contributed by atoms with E-state index in [1.807, 2.05) is 6.07 Å². The number of methoxy groups -OCH3 is 1. The third-order valence-corrected chi connectivity index (χ3v) is 4.48. The Bertz CT molecular complexity index is 1140. The van der Waals surface area contributed by atoms with Gasteiger partial charge in [0.1, 0.15) is 17.6 Å². The normalized spacial score (nSPS) is 15.2. The minimum atomic E-state index is -2.65. The molecule has 6 nitrogen and oxygen atoms in total. The van der Waals surface area contributed by atoms with Gasteiger partial charge in [0.05, 0.1) is 22.4 Å². The molecule has 0 bridgehead atoms. The van der Waals surface area contributed by atoms with Crippen LogP contribution in [0.5, 0.6) is 5.75 Å². The van der Waals surface area contributed by atoms with Crippen molar-refractivity contribution >= 4 is 17.6 Å². The summed E-state index contributed by atoms with van der Waals surface area (Å²) in [6.07, 6.45) is 1.01. The fourth-order valence-electron chi connectivity index (χ4n) is 3.15. The van der Waals surface area contributed by atoms with Crippen molar-refractivity contribution in [1.82, 2.24) is 0 Å². The van der Waals surface area contributed by atoms with Crippen molar-refractivity contribution in [2.45, 2.75) is 19.3 Å². The van der Waals surface area contributed by atoms with E-state index in [2.05, 4.69) is 5.32 Å². The Morgan fingerprint density at radius 3 is 2.75 bits per heavy atom. The Labute approximate surface area is 165 Å². The van der Waals surface area contributed by atoms with E-state index in [0.717, 1.165) is 6.07 Å². The molecule has 2 aromatic rings. The molecule has 0 atom stereocenters. The molecule has 1 amide bonds. The largest absolute Gasteiger partial charge is 0.497 e. The van der Waals surface area contributed by atoms with Crippen molar-refractivity contribution in [3.63, 3.8) is 0 Å². The first-order chi connectivity index (χ1) is 14.6. The van der Waals surface area contributed by atoms with Crippen LogP contribution in [0.2, 0.25) is 0 Å². The number of carboxylic acid groups (broad SMARTS) is 1. The second-order valence-electron chi connectivity index (χ2n) is 6.19. The summed E-state index contributed by atoms with van der Waals surface area (Å²) in [7, 11) is -2.65. The van der Waals surface area contributed by atoms with Crippen LogP contribution in [0.3, 0.4) is 0 Å². The van der Waals surface area contributed by atoms with Crippen molar-refractivity contribution in [2.24, 2.45) is 0 Å². The number of amides is 1. The Kier molecular flexibility index (Phi) is 4.36. The van der Waals surface area contributed by atoms with Gasteiger partial charge in [-0.3, -0.25) is 4.79 Å². The topological polar surface area (TPSA) is 99.4 Å². The Balaban J connectivity index is 1.94. The molecule has 142 valence electrons. The number of carbonyl (C=O) groups is 2. The Hall–Kier alpha value is -3.66. The molecule has 7 heteroatoms. The second kappa shape index (κ2) is 7.92. The third-order valence-electron chi connectivity index (χ3n) is 4.48. The average Bonchev–Trinajstić information content (AvgIpc) is 3.18. The van der Waals surface area contributed by atoms with Crippen LogP contribution in [-0.4, -0.2) is 24.0 Å². The number of nitrogens with zero attached hydrogens (tertiary/aromatic N) is 1. The summed E-state index contributed by atoms with van der Waals surface area (Å²) in [4.78, 5) is 23.8. The fourth-order valence-corrected chi connectivity index (χ4v) is 3.15. The molecule has 28 heavy (non-hydrogen) atoms. The molecule has 1 aliphatic rings. The van der Waals surface area contributed by atoms with Crippen molar-refractivity contribution in [3.05, 3.63) is 58.9 Å². The standard InChI is InChI=1S/C21H17FN2O4/c1-28-15-5-2-4-12(9-15)13-8-14(11-23)19(18(22)10-13)24-20(25)16-6-3-7-17(16)21(26)27/h2,4-5,8-10H,3,6-7H2,1H3,(H,24,25)(H,26,27)/i1D3. The molecule has 0 saturated carbocycles. The zero-order chi connectivity index (χ0) is 22.8. The lowest BCUT2D eigenvalue weighted by Gasteiger charge is -2.12. The molecule has 0 radical (unpaired) electrons. The van der Waals surface area contributed by atoms with Gasteiger partial charge in [-0.15, -0.1) is 0 Å². The molecule has 0 saturated heterocycles. The van der Waals surface area contributed by atoms with Gasteiger partial charge in [-0.25, -0.2) is 9.18 Å². The van der Waals surface area contributed by atoms with E-state index in [4.69, 9.17) is 8.85 Å². The van der Waals surface area contributed by atoms with E-state index in [1.165, 1.54) is 24.3 Å². The number of nitrogens with one attached hydrogen (secondary N) is 1. The van der Waals surface area contributed by atoms with Crippen LogP contribution in [0.1, 0.15) is 28.9 Å². The lowest BCUT2D eigenvalue weighted by Crippen LogP contribution is -2.18. The fraction of sp³-hybridized carbons (Fsp3) is 0.190. The summed E-state index contributed by atoms with van der Waals surface area (Å²) in [6, 6.07) is 10.2. The number of carbonyl (C=O) groups excluding carboxylic acids is 1. The SMILES string of the molecule is [2H]C([2H])([2H])Oc1cccc(-c2cc(F)c(NC(=O)C3=C(C(=O)O)CCC3)c(C#N)c2)c1. The van der Waals surface area contributed by atoms with Gasteiger partial charge in [0.25, 0.3) is 5.91 Å². The van der Waals surface area contributed by atoms with Crippen LogP contribution in [-0.2, 0) is 9.59 Å². The lowest BCUT2D eigenvalue weighted by atomic mass is 10.0. The molecule has 0 spiro atoms. The number of benzene rings is 2. The van der Waals surface area contributed by atoms with Gasteiger partial charge in [0.2, 0.25) is 0 Å². The van der Waals surface area contributed by atoms with Crippen molar-refractivity contribution in [3.8, 4) is 22.9 Å². The number of anilines is 1. The second-order valence-corrected chi connectivity index (χ2v) is 6.19. The molecule has 2 aromatic carbocycles. The van der Waals surface area contributed by atoms with Crippen molar-refractivity contribution in [2.75, 3.05) is 12.4 Å². The number of nitriles is 1. The van der Waals surface area contributed by atoms with E-state index in [9.17, 15) is 24.3 Å². The van der Waals surface area contributed by atoms with E-state index >= 15 is 0 Å². The zero-order valence-corrected chi connectivity index (χ0v) is 14.6. The van der Waals surface area contributed by atoms with E-state index in [1.54, 1.807) is 6.07 Å². The summed E-state index contributed by atoms with van der Waals surface area (Å²) in [6.45, 7) is 0. The lowest BCUT2D eigenvalue weighted by molar-refractivity contribution is -0.133. The van der Waals surface area contributed by atoms with Gasteiger partial charge in [0, 0.05) is 11.1 Å². The molecule has 0 unspecified atom stereocenters. The molecule has 2 N–H and O–H groups in total. The summed E-state index contributed by atoms with van der Waals surface area (Å²) < 4.78 is 41.2. The van der Waals surface area contributed by atoms with Gasteiger partial charge in [0.15, 0.2) is 0 Å². The van der Waals surface area contributed by atoms with E-state index < -0.39 is 24.7 Å². The molecule has 0 fully saturated rings. The van der Waals surface area contributed by atoms with Crippen LogP contribution in [0, 0.1) is 17.1 Å². The molecule has 1 aliphatic carbocycles. The predicted molar refractivity (Wildman–Crippen MR) is 100 cm³/mol. The Morgan fingerprint density at radius 2 is 2.04 bits per heavy atom. The maximum Gasteiger partial charge on any atom is 0.332 e. The van der Waals surface area contributed by atoms with Crippen LogP contribution < -0.4 is 10.1 Å². The zero-order valence-electron chi connectivity index (χ0n) is 17.6. The third kappa shape index (κ3) is 3.71. The van der Waals surface area contributed by atoms with Gasteiger partial charge in [-0.05, 0) is 54.7 Å². The summed E-state index contributed by atoms with van der Waals surface area (Å²) in [5.74, 6) is -2.80. The minimum Gasteiger partial charge on any atom is -0.497 e. The smallest absolute Gasteiger partial charge is 0.332 e. The maximum absolute atomic E-state index is 14.8. The quantitative estimate of drug-likeness (QED) is 0.816. The summed E-state index contributed by atoms with van der Waals surface area (Å²) in [5.41, 5.74) is 0.209. The van der Waals surface area contributed by atoms with Gasteiger partial charge < -0.3 is 15.2 Å². The average molecular weight is 383 g/mol. The first kappa shape index (κ1) is 15.4. The monoisotopic (exact) mass is 383 g/mol. The number of halogens is 1. The highest BCUT2D eigenvalue weighted by Gasteiger charge is 2.26. The maximum atomic E-state index is 14.8. The molecule has 0 aromatic heterocycles. The number of hydrogen-bond donors (Lipinski definition) is 2. The molecule has 3 rings (SSSR count). The van der Waals surface area contributed by atoms with Crippen LogP contribution >= 0.6 is 0 Å². The highest BCUT2D eigenvalue weighted by molar-refractivity contribution is 6.09. The van der Waals surface area contributed by atoms with E-state index in [-0.39, 0.29) is 46.6 Å². The Morgan fingerprint density at radius 1 is 1.25 bits per heavy atom. The van der Waals surface area contributed by atoms with Gasteiger partial charge >= 0.3 is 5.97 Å². The number of rotatable bonds is 5. The predicted octanol–water partition coefficient (Wildman–Crippen LogP) is 3.88. The first-order valence-corrected chi connectivity index (χ1v) is 8.39. The van der Waals surface area contributed by atoms with E-state index in [0.29, 0.717) is 12.0 Å². The van der Waals surface area contributed by atoms with Gasteiger partial charge in [-0.1, -0.05) is 12.1 Å². The molecular formula is C21H17FN2O4. The number of ether oxygens (including phenoxy) is 1.